The summed E-state index contributed by atoms with van der Waals surface area (Å²) in [7, 11) is 0. The van der Waals surface area contributed by atoms with Crippen LogP contribution in [0.1, 0.15) is 5.56 Å². The van der Waals surface area contributed by atoms with Crippen molar-refractivity contribution in [3.05, 3.63) is 47.1 Å². The fraction of sp³-hybridized carbons (Fsp3) is 0.154. The highest BCUT2D eigenvalue weighted by molar-refractivity contribution is 7.98. The summed E-state index contributed by atoms with van der Waals surface area (Å²) in [4.78, 5) is 5.65. The molecule has 0 spiro atoms. The van der Waals surface area contributed by atoms with Gasteiger partial charge < -0.3 is 0 Å². The third-order valence-corrected chi connectivity index (χ3v) is 3.44. The Morgan fingerprint density at radius 2 is 2.00 bits per heavy atom. The van der Waals surface area contributed by atoms with Crippen LogP contribution in [0.15, 0.2) is 41.4 Å². The maximum atomic E-state index is 6.16. The standard InChI is InChI=1S/C13H12ClNS/c1-9-7-10(16-2)8-15-13(9)11-5-3-4-6-12(11)14/h3-8H,1-2H3. The molecule has 0 N–H and O–H groups in total. The highest BCUT2D eigenvalue weighted by atomic mass is 35.5. The number of hydrogen-bond donors (Lipinski definition) is 0. The molecule has 1 heterocycles. The zero-order chi connectivity index (χ0) is 11.5. The predicted octanol–water partition coefficient (Wildman–Crippen LogP) is 4.43. The Kier molecular flexibility index (Phi) is 3.52. The molecule has 2 aromatic rings. The molecule has 0 fully saturated rings. The molecule has 16 heavy (non-hydrogen) atoms. The summed E-state index contributed by atoms with van der Waals surface area (Å²) in [5.41, 5.74) is 3.11. The number of rotatable bonds is 2. The Bertz CT molecular complexity index is 511. The molecule has 0 radical (unpaired) electrons. The van der Waals surface area contributed by atoms with Crippen molar-refractivity contribution >= 4 is 23.4 Å². The lowest BCUT2D eigenvalue weighted by Gasteiger charge is -2.08. The van der Waals surface area contributed by atoms with E-state index >= 15 is 0 Å². The molecule has 0 saturated carbocycles. The first kappa shape index (κ1) is 11.5. The van der Waals surface area contributed by atoms with Gasteiger partial charge in [0.1, 0.15) is 0 Å². The van der Waals surface area contributed by atoms with Crippen LogP contribution in [0.4, 0.5) is 0 Å². The Hall–Kier alpha value is -0.990. The summed E-state index contributed by atoms with van der Waals surface area (Å²) in [6.45, 7) is 2.06. The van der Waals surface area contributed by atoms with Crippen LogP contribution in [0, 0.1) is 6.92 Å². The van der Waals surface area contributed by atoms with Crippen LogP contribution in [0.3, 0.4) is 0 Å². The van der Waals surface area contributed by atoms with E-state index in [1.54, 1.807) is 11.8 Å². The minimum atomic E-state index is 0.745. The fourth-order valence-electron chi connectivity index (χ4n) is 1.60. The average Bonchev–Trinajstić information content (AvgIpc) is 2.30. The Morgan fingerprint density at radius 3 is 2.62 bits per heavy atom. The van der Waals surface area contributed by atoms with Gasteiger partial charge in [-0.25, -0.2) is 0 Å². The summed E-state index contributed by atoms with van der Waals surface area (Å²) >= 11 is 7.85. The van der Waals surface area contributed by atoms with E-state index in [0.29, 0.717) is 0 Å². The summed E-state index contributed by atoms with van der Waals surface area (Å²) in [6, 6.07) is 9.93. The third-order valence-electron chi connectivity index (χ3n) is 2.42. The van der Waals surface area contributed by atoms with Crippen molar-refractivity contribution in [1.29, 1.82) is 0 Å². The van der Waals surface area contributed by atoms with Crippen LogP contribution in [0.2, 0.25) is 5.02 Å². The molecule has 2 rings (SSSR count). The second-order valence-electron chi connectivity index (χ2n) is 3.52. The Labute approximate surface area is 105 Å². The predicted molar refractivity (Wildman–Crippen MR) is 71.2 cm³/mol. The van der Waals surface area contributed by atoms with Crippen molar-refractivity contribution in [3.63, 3.8) is 0 Å². The molecule has 0 saturated heterocycles. The summed E-state index contributed by atoms with van der Waals surface area (Å²) in [5, 5.41) is 0.745. The number of halogens is 1. The molecule has 0 unspecified atom stereocenters. The maximum Gasteiger partial charge on any atom is 0.0746 e. The molecule has 0 aliphatic heterocycles. The largest absolute Gasteiger partial charge is 0.255 e. The second kappa shape index (κ2) is 4.89. The minimum absolute atomic E-state index is 0.745. The average molecular weight is 250 g/mol. The van der Waals surface area contributed by atoms with Crippen LogP contribution in [0.25, 0.3) is 11.3 Å². The van der Waals surface area contributed by atoms with E-state index in [-0.39, 0.29) is 0 Å². The topological polar surface area (TPSA) is 12.9 Å². The van der Waals surface area contributed by atoms with E-state index in [0.717, 1.165) is 21.8 Å². The number of aromatic nitrogens is 1. The molecule has 82 valence electrons. The molecular formula is C13H12ClNS. The van der Waals surface area contributed by atoms with Crippen molar-refractivity contribution in [3.8, 4) is 11.3 Å². The van der Waals surface area contributed by atoms with Gasteiger partial charge in [0.15, 0.2) is 0 Å². The van der Waals surface area contributed by atoms with Crippen molar-refractivity contribution in [1.82, 2.24) is 4.98 Å². The number of nitrogens with zero attached hydrogens (tertiary/aromatic N) is 1. The van der Waals surface area contributed by atoms with Gasteiger partial charge in [0.2, 0.25) is 0 Å². The molecule has 0 aliphatic rings. The van der Waals surface area contributed by atoms with E-state index in [2.05, 4.69) is 18.0 Å². The quantitative estimate of drug-likeness (QED) is 0.731. The molecule has 3 heteroatoms. The number of thioether (sulfide) groups is 1. The van der Waals surface area contributed by atoms with Gasteiger partial charge in [-0.1, -0.05) is 29.8 Å². The first-order valence-electron chi connectivity index (χ1n) is 4.98. The zero-order valence-electron chi connectivity index (χ0n) is 9.20. The monoisotopic (exact) mass is 249 g/mol. The van der Waals surface area contributed by atoms with Crippen molar-refractivity contribution in [2.24, 2.45) is 0 Å². The highest BCUT2D eigenvalue weighted by Gasteiger charge is 2.07. The fourth-order valence-corrected chi connectivity index (χ4v) is 2.27. The van der Waals surface area contributed by atoms with Crippen LogP contribution in [0.5, 0.6) is 0 Å². The molecular weight excluding hydrogens is 238 g/mol. The number of pyridine rings is 1. The lowest BCUT2D eigenvalue weighted by Crippen LogP contribution is -1.89. The van der Waals surface area contributed by atoms with Gasteiger partial charge in [0.05, 0.1) is 5.69 Å². The van der Waals surface area contributed by atoms with Crippen molar-refractivity contribution in [2.45, 2.75) is 11.8 Å². The van der Waals surface area contributed by atoms with Gasteiger partial charge in [-0.3, -0.25) is 4.98 Å². The van der Waals surface area contributed by atoms with Gasteiger partial charge in [-0.05, 0) is 30.9 Å². The molecule has 1 nitrogen and oxygen atoms in total. The van der Waals surface area contributed by atoms with E-state index in [9.17, 15) is 0 Å². The van der Waals surface area contributed by atoms with E-state index in [4.69, 9.17) is 11.6 Å². The lowest BCUT2D eigenvalue weighted by atomic mass is 10.1. The molecule has 0 amide bonds. The summed E-state index contributed by atoms with van der Waals surface area (Å²) in [5.74, 6) is 0. The highest BCUT2D eigenvalue weighted by Crippen LogP contribution is 2.29. The Morgan fingerprint density at radius 1 is 1.25 bits per heavy atom. The molecule has 0 bridgehead atoms. The van der Waals surface area contributed by atoms with Gasteiger partial charge >= 0.3 is 0 Å². The van der Waals surface area contributed by atoms with Crippen LogP contribution >= 0.6 is 23.4 Å². The normalized spacial score (nSPS) is 10.4. The van der Waals surface area contributed by atoms with Crippen LogP contribution < -0.4 is 0 Å². The lowest BCUT2D eigenvalue weighted by molar-refractivity contribution is 1.20. The summed E-state index contributed by atoms with van der Waals surface area (Å²) < 4.78 is 0. The smallest absolute Gasteiger partial charge is 0.0746 e. The molecule has 0 aliphatic carbocycles. The second-order valence-corrected chi connectivity index (χ2v) is 4.81. The first-order valence-corrected chi connectivity index (χ1v) is 6.58. The van der Waals surface area contributed by atoms with Crippen molar-refractivity contribution in [2.75, 3.05) is 6.26 Å². The molecule has 1 aromatic heterocycles. The van der Waals surface area contributed by atoms with E-state index in [1.807, 2.05) is 36.7 Å². The zero-order valence-corrected chi connectivity index (χ0v) is 10.8. The third kappa shape index (κ3) is 2.23. The van der Waals surface area contributed by atoms with Crippen LogP contribution in [-0.4, -0.2) is 11.2 Å². The van der Waals surface area contributed by atoms with Gasteiger partial charge in [-0.15, -0.1) is 11.8 Å². The molecule has 1 aromatic carbocycles. The molecule has 0 atom stereocenters. The van der Waals surface area contributed by atoms with Crippen LogP contribution in [-0.2, 0) is 0 Å². The number of aryl methyl sites for hydroxylation is 1. The summed E-state index contributed by atoms with van der Waals surface area (Å²) in [6.07, 6.45) is 3.93. The minimum Gasteiger partial charge on any atom is -0.255 e. The van der Waals surface area contributed by atoms with Gasteiger partial charge in [0, 0.05) is 21.7 Å². The maximum absolute atomic E-state index is 6.16. The van der Waals surface area contributed by atoms with E-state index in [1.165, 1.54) is 4.90 Å². The van der Waals surface area contributed by atoms with Crippen molar-refractivity contribution < 1.29 is 0 Å². The van der Waals surface area contributed by atoms with E-state index < -0.39 is 0 Å². The van der Waals surface area contributed by atoms with Gasteiger partial charge in [0.25, 0.3) is 0 Å². The first-order chi connectivity index (χ1) is 7.72. The number of benzene rings is 1. The Balaban J connectivity index is 2.53. The van der Waals surface area contributed by atoms with Gasteiger partial charge in [-0.2, -0.15) is 0 Å². The SMILES string of the molecule is CSc1cnc(-c2ccccc2Cl)c(C)c1. The number of hydrogen-bond acceptors (Lipinski definition) is 2.